The molecule has 2 aromatic carbocycles. The molecule has 0 bridgehead atoms. The normalized spacial score (nSPS) is 11.2. The molecule has 0 aliphatic rings. The fourth-order valence-electron chi connectivity index (χ4n) is 3.23. The topological polar surface area (TPSA) is 57.8 Å². The van der Waals surface area contributed by atoms with E-state index in [1.807, 2.05) is 6.92 Å². The number of hydrogen-bond donors (Lipinski definition) is 2. The maximum Gasteiger partial charge on any atom is 0.201 e. The highest BCUT2D eigenvalue weighted by atomic mass is 35.5. The molecule has 4 aromatic rings. The highest BCUT2D eigenvalue weighted by Gasteiger charge is 2.27. The van der Waals surface area contributed by atoms with Gasteiger partial charge in [0, 0.05) is 45.7 Å². The van der Waals surface area contributed by atoms with Gasteiger partial charge in [0.25, 0.3) is 0 Å². The molecular weight excluding hydrogens is 459 g/mol. The highest BCUT2D eigenvalue weighted by Crippen LogP contribution is 2.31. The Labute approximate surface area is 191 Å². The van der Waals surface area contributed by atoms with Crippen LogP contribution in [0.4, 0.5) is 18.9 Å². The smallest absolute Gasteiger partial charge is 0.201 e. The fraction of sp³-hybridized carbons (Fsp3) is 0.130. The standard InChI is InChI=1S/C23H17ClF3N3OS/c1-2-7-32-30-18-9-17(25)20(26)19(21(18)27)22(31)16-11-29-23-15(16)8-13(10-28-23)12-3-5-14(24)6-4-12/h3-6,8-11,30H,2,7H2,1H3,(H,28,29). The summed E-state index contributed by atoms with van der Waals surface area (Å²) in [5.41, 5.74) is 0.583. The SMILES string of the molecule is CCCSNc1cc(F)c(F)c(C(=O)c2c[nH]c3ncc(-c4ccc(Cl)cc4)cc23)c1F. The van der Waals surface area contributed by atoms with Crippen LogP contribution in [0.1, 0.15) is 29.3 Å². The molecule has 4 rings (SSSR count). The first kappa shape index (κ1) is 22.2. The number of aromatic amines is 1. The lowest BCUT2D eigenvalue weighted by molar-refractivity contribution is 0.103. The van der Waals surface area contributed by atoms with Crippen LogP contribution in [0.15, 0.2) is 48.8 Å². The molecule has 2 N–H and O–H groups in total. The van der Waals surface area contributed by atoms with E-state index in [9.17, 15) is 13.6 Å². The molecule has 9 heteroatoms. The minimum atomic E-state index is -1.53. The minimum absolute atomic E-state index is 0.0149. The average molecular weight is 476 g/mol. The number of pyridine rings is 1. The number of fused-ring (bicyclic) bond motifs is 1. The van der Waals surface area contributed by atoms with Gasteiger partial charge >= 0.3 is 0 Å². The lowest BCUT2D eigenvalue weighted by Gasteiger charge is -2.11. The van der Waals surface area contributed by atoms with Crippen molar-refractivity contribution < 1.29 is 18.0 Å². The van der Waals surface area contributed by atoms with Crippen LogP contribution >= 0.6 is 23.5 Å². The molecule has 2 aromatic heterocycles. The first-order chi connectivity index (χ1) is 15.4. The number of rotatable bonds is 7. The molecule has 0 spiro atoms. The quantitative estimate of drug-likeness (QED) is 0.131. The summed E-state index contributed by atoms with van der Waals surface area (Å²) >= 11 is 7.07. The molecule has 0 saturated carbocycles. The second kappa shape index (κ2) is 9.26. The van der Waals surface area contributed by atoms with Gasteiger partial charge in [-0.15, -0.1) is 0 Å². The number of carbonyl (C=O) groups excluding carboxylic acids is 1. The van der Waals surface area contributed by atoms with E-state index < -0.39 is 28.8 Å². The Bertz CT molecular complexity index is 1310. The van der Waals surface area contributed by atoms with Crippen molar-refractivity contribution in [3.05, 3.63) is 82.4 Å². The second-order valence-electron chi connectivity index (χ2n) is 7.02. The summed E-state index contributed by atoms with van der Waals surface area (Å²) in [5, 5.41) is 0.930. The third-order valence-corrected chi connectivity index (χ3v) is 6.05. The van der Waals surface area contributed by atoms with Crippen LogP contribution in [-0.4, -0.2) is 21.5 Å². The van der Waals surface area contributed by atoms with Gasteiger partial charge in [0.2, 0.25) is 5.78 Å². The van der Waals surface area contributed by atoms with E-state index in [-0.39, 0.29) is 11.3 Å². The van der Waals surface area contributed by atoms with Crippen molar-refractivity contribution >= 4 is 46.1 Å². The van der Waals surface area contributed by atoms with E-state index >= 15 is 4.39 Å². The van der Waals surface area contributed by atoms with Gasteiger partial charge in [-0.05, 0) is 30.2 Å². The third-order valence-electron chi connectivity index (χ3n) is 4.82. The highest BCUT2D eigenvalue weighted by molar-refractivity contribution is 8.00. The van der Waals surface area contributed by atoms with Crippen LogP contribution in [0.5, 0.6) is 0 Å². The van der Waals surface area contributed by atoms with Gasteiger partial charge in [0.1, 0.15) is 5.65 Å². The summed E-state index contributed by atoms with van der Waals surface area (Å²) in [6.07, 6.45) is 3.72. The molecule has 164 valence electrons. The van der Waals surface area contributed by atoms with Gasteiger partial charge in [0.15, 0.2) is 17.5 Å². The summed E-state index contributed by atoms with van der Waals surface area (Å²) in [7, 11) is 0. The Morgan fingerprint density at radius 3 is 2.59 bits per heavy atom. The number of hydrogen-bond acceptors (Lipinski definition) is 4. The van der Waals surface area contributed by atoms with Gasteiger partial charge < -0.3 is 9.71 Å². The number of benzene rings is 2. The van der Waals surface area contributed by atoms with E-state index in [1.54, 1.807) is 36.5 Å². The van der Waals surface area contributed by atoms with Gasteiger partial charge in [-0.1, -0.05) is 42.6 Å². The number of nitrogens with zero attached hydrogens (tertiary/aromatic N) is 1. The average Bonchev–Trinajstić information content (AvgIpc) is 3.21. The number of anilines is 1. The van der Waals surface area contributed by atoms with Crippen molar-refractivity contribution in [3.8, 4) is 11.1 Å². The van der Waals surface area contributed by atoms with Crippen molar-refractivity contribution in [2.24, 2.45) is 0 Å². The second-order valence-corrected chi connectivity index (χ2v) is 8.36. The Kier molecular flexibility index (Phi) is 6.43. The molecular formula is C23H17ClF3N3OS. The summed E-state index contributed by atoms with van der Waals surface area (Å²) in [5.74, 6) is -4.34. The van der Waals surface area contributed by atoms with Gasteiger partial charge in [0.05, 0.1) is 11.3 Å². The number of nitrogens with one attached hydrogen (secondary N) is 2. The van der Waals surface area contributed by atoms with Crippen LogP contribution in [0.25, 0.3) is 22.2 Å². The Morgan fingerprint density at radius 2 is 1.88 bits per heavy atom. The molecule has 0 aliphatic carbocycles. The first-order valence-electron chi connectivity index (χ1n) is 9.73. The molecule has 4 nitrogen and oxygen atoms in total. The van der Waals surface area contributed by atoms with E-state index in [1.165, 1.54) is 6.20 Å². The molecule has 0 atom stereocenters. The van der Waals surface area contributed by atoms with Crippen molar-refractivity contribution in [2.75, 3.05) is 10.5 Å². The largest absolute Gasteiger partial charge is 0.345 e. The van der Waals surface area contributed by atoms with E-state index in [4.69, 9.17) is 11.6 Å². The van der Waals surface area contributed by atoms with E-state index in [2.05, 4.69) is 14.7 Å². The minimum Gasteiger partial charge on any atom is -0.345 e. The number of aromatic nitrogens is 2. The van der Waals surface area contributed by atoms with Gasteiger partial charge in [-0.25, -0.2) is 18.2 Å². The zero-order valence-corrected chi connectivity index (χ0v) is 18.4. The summed E-state index contributed by atoms with van der Waals surface area (Å²) in [4.78, 5) is 20.3. The number of ketones is 1. The maximum atomic E-state index is 15.0. The molecule has 0 amide bonds. The third kappa shape index (κ3) is 4.20. The monoisotopic (exact) mass is 475 g/mol. The molecule has 0 aliphatic heterocycles. The Morgan fingerprint density at radius 1 is 1.12 bits per heavy atom. The first-order valence-corrected chi connectivity index (χ1v) is 11.1. The van der Waals surface area contributed by atoms with Crippen LogP contribution in [0.2, 0.25) is 5.02 Å². The molecule has 0 unspecified atom stereocenters. The van der Waals surface area contributed by atoms with Crippen molar-refractivity contribution in [3.63, 3.8) is 0 Å². The predicted molar refractivity (Wildman–Crippen MR) is 123 cm³/mol. The van der Waals surface area contributed by atoms with Gasteiger partial charge in [-0.3, -0.25) is 4.79 Å². The number of halogens is 4. The van der Waals surface area contributed by atoms with Crippen molar-refractivity contribution in [1.29, 1.82) is 0 Å². The Hall–Kier alpha value is -2.97. The van der Waals surface area contributed by atoms with E-state index in [0.717, 1.165) is 23.9 Å². The van der Waals surface area contributed by atoms with Crippen molar-refractivity contribution in [1.82, 2.24) is 9.97 Å². The maximum absolute atomic E-state index is 15.0. The lowest BCUT2D eigenvalue weighted by Crippen LogP contribution is -2.11. The summed E-state index contributed by atoms with van der Waals surface area (Å²) < 4.78 is 46.4. The molecule has 0 fully saturated rings. The number of H-pyrrole nitrogens is 1. The Balaban J connectivity index is 1.78. The zero-order valence-electron chi connectivity index (χ0n) is 16.8. The number of carbonyl (C=O) groups is 1. The van der Waals surface area contributed by atoms with E-state index in [0.29, 0.717) is 33.4 Å². The molecule has 32 heavy (non-hydrogen) atoms. The van der Waals surface area contributed by atoms with Crippen LogP contribution in [-0.2, 0) is 0 Å². The van der Waals surface area contributed by atoms with Gasteiger partial charge in [-0.2, -0.15) is 0 Å². The van der Waals surface area contributed by atoms with Crippen LogP contribution in [0.3, 0.4) is 0 Å². The molecule has 0 saturated heterocycles. The van der Waals surface area contributed by atoms with Crippen LogP contribution in [0, 0.1) is 17.5 Å². The predicted octanol–water partition coefficient (Wildman–Crippen LogP) is 7.00. The fourth-order valence-corrected chi connectivity index (χ4v) is 3.97. The lowest BCUT2D eigenvalue weighted by atomic mass is 9.99. The molecule has 0 radical (unpaired) electrons. The van der Waals surface area contributed by atoms with Crippen LogP contribution < -0.4 is 4.72 Å². The molecule has 2 heterocycles. The zero-order chi connectivity index (χ0) is 22.8. The summed E-state index contributed by atoms with van der Waals surface area (Å²) in [6.45, 7) is 1.93. The summed E-state index contributed by atoms with van der Waals surface area (Å²) in [6, 6.07) is 9.40. The van der Waals surface area contributed by atoms with Crippen molar-refractivity contribution in [2.45, 2.75) is 13.3 Å².